The van der Waals surface area contributed by atoms with Crippen molar-refractivity contribution in [1.29, 1.82) is 0 Å². The lowest BCUT2D eigenvalue weighted by Gasteiger charge is -1.95. The first kappa shape index (κ1) is 8.94. The van der Waals surface area contributed by atoms with E-state index < -0.39 is 0 Å². The van der Waals surface area contributed by atoms with Gasteiger partial charge in [0.2, 0.25) is 0 Å². The van der Waals surface area contributed by atoms with Crippen molar-refractivity contribution in [3.05, 3.63) is 36.9 Å². The molecule has 0 radical (unpaired) electrons. The summed E-state index contributed by atoms with van der Waals surface area (Å²) >= 11 is 0. The summed E-state index contributed by atoms with van der Waals surface area (Å²) < 4.78 is 1.96. The normalized spacial score (nSPS) is 10.4. The number of hydrogen-bond donors (Lipinski definition) is 0. The van der Waals surface area contributed by atoms with E-state index in [1.165, 1.54) is 0 Å². The molecule has 0 unspecified atom stereocenters. The standard InChI is InChI=1S/C11H13N3/c1-2-6-14-9-11(8-13-14)10-4-3-5-12-7-10/h3-5,7-9H,2,6H2,1H3. The lowest BCUT2D eigenvalue weighted by Crippen LogP contribution is -1.95. The van der Waals surface area contributed by atoms with Crippen molar-refractivity contribution < 1.29 is 0 Å². The molecule has 0 saturated carbocycles. The van der Waals surface area contributed by atoms with Crippen molar-refractivity contribution in [3.63, 3.8) is 0 Å². The Balaban J connectivity index is 2.25. The molecule has 72 valence electrons. The van der Waals surface area contributed by atoms with Crippen molar-refractivity contribution in [1.82, 2.24) is 14.8 Å². The van der Waals surface area contributed by atoms with Crippen molar-refractivity contribution in [3.8, 4) is 11.1 Å². The van der Waals surface area contributed by atoms with Gasteiger partial charge >= 0.3 is 0 Å². The van der Waals surface area contributed by atoms with E-state index in [-0.39, 0.29) is 0 Å². The van der Waals surface area contributed by atoms with Crippen LogP contribution in [0.2, 0.25) is 0 Å². The van der Waals surface area contributed by atoms with Crippen LogP contribution in [0.4, 0.5) is 0 Å². The van der Waals surface area contributed by atoms with E-state index in [0.29, 0.717) is 0 Å². The van der Waals surface area contributed by atoms with Gasteiger partial charge in [0.15, 0.2) is 0 Å². The molecule has 2 heterocycles. The molecule has 0 aliphatic rings. The van der Waals surface area contributed by atoms with Crippen molar-refractivity contribution in [2.75, 3.05) is 0 Å². The lowest BCUT2D eigenvalue weighted by molar-refractivity contribution is 0.603. The van der Waals surface area contributed by atoms with Gasteiger partial charge in [-0.15, -0.1) is 0 Å². The molecule has 0 aliphatic heterocycles. The Hall–Kier alpha value is -1.64. The molecule has 3 nitrogen and oxygen atoms in total. The van der Waals surface area contributed by atoms with Crippen molar-refractivity contribution >= 4 is 0 Å². The molecule has 2 rings (SSSR count). The Kier molecular flexibility index (Phi) is 2.58. The van der Waals surface area contributed by atoms with E-state index in [2.05, 4.69) is 23.2 Å². The number of hydrogen-bond acceptors (Lipinski definition) is 2. The molecule has 0 atom stereocenters. The van der Waals surface area contributed by atoms with Crippen LogP contribution in [0, 0.1) is 0 Å². The molecule has 0 aromatic carbocycles. The van der Waals surface area contributed by atoms with Crippen molar-refractivity contribution in [2.45, 2.75) is 19.9 Å². The summed E-state index contributed by atoms with van der Waals surface area (Å²) in [4.78, 5) is 4.08. The van der Waals surface area contributed by atoms with E-state index in [1.54, 1.807) is 6.20 Å². The summed E-state index contributed by atoms with van der Waals surface area (Å²) in [6.45, 7) is 3.12. The third-order valence-corrected chi connectivity index (χ3v) is 2.08. The first-order chi connectivity index (χ1) is 6.90. The summed E-state index contributed by atoms with van der Waals surface area (Å²) in [6.07, 6.45) is 8.68. The molecule has 0 N–H and O–H groups in total. The topological polar surface area (TPSA) is 30.7 Å². The maximum absolute atomic E-state index is 4.27. The average molecular weight is 187 g/mol. The molecule has 0 fully saturated rings. The van der Waals surface area contributed by atoms with Gasteiger partial charge in [-0.25, -0.2) is 0 Å². The van der Waals surface area contributed by atoms with E-state index in [1.807, 2.05) is 29.2 Å². The van der Waals surface area contributed by atoms with Gasteiger partial charge in [-0.3, -0.25) is 9.67 Å². The van der Waals surface area contributed by atoms with Crippen LogP contribution in [0.1, 0.15) is 13.3 Å². The quantitative estimate of drug-likeness (QED) is 0.738. The van der Waals surface area contributed by atoms with Gasteiger partial charge in [-0.05, 0) is 12.5 Å². The summed E-state index contributed by atoms with van der Waals surface area (Å²) in [5, 5.41) is 4.27. The fourth-order valence-corrected chi connectivity index (χ4v) is 1.40. The predicted octanol–water partition coefficient (Wildman–Crippen LogP) is 2.36. The average Bonchev–Trinajstić information content (AvgIpc) is 2.68. The maximum atomic E-state index is 4.27. The Morgan fingerprint density at radius 1 is 1.29 bits per heavy atom. The molecule has 0 bridgehead atoms. The first-order valence-electron chi connectivity index (χ1n) is 4.83. The second-order valence-corrected chi connectivity index (χ2v) is 3.23. The highest BCUT2D eigenvalue weighted by atomic mass is 15.3. The molecule has 0 spiro atoms. The van der Waals surface area contributed by atoms with Gasteiger partial charge in [0.1, 0.15) is 0 Å². The zero-order valence-electron chi connectivity index (χ0n) is 8.22. The minimum Gasteiger partial charge on any atom is -0.272 e. The molecule has 0 aliphatic carbocycles. The van der Waals surface area contributed by atoms with E-state index in [4.69, 9.17) is 0 Å². The lowest BCUT2D eigenvalue weighted by atomic mass is 10.2. The SMILES string of the molecule is CCCn1cc(-c2cccnc2)cn1. The third kappa shape index (κ3) is 1.82. The van der Waals surface area contributed by atoms with Gasteiger partial charge in [-0.1, -0.05) is 13.0 Å². The fraction of sp³-hybridized carbons (Fsp3) is 0.273. The second kappa shape index (κ2) is 4.05. The van der Waals surface area contributed by atoms with Gasteiger partial charge in [0.05, 0.1) is 6.20 Å². The molecule has 14 heavy (non-hydrogen) atoms. The zero-order chi connectivity index (χ0) is 9.80. The summed E-state index contributed by atoms with van der Waals surface area (Å²) in [5.41, 5.74) is 2.25. The number of aryl methyl sites for hydroxylation is 1. The molecular formula is C11H13N3. The highest BCUT2D eigenvalue weighted by molar-refractivity contribution is 5.59. The zero-order valence-corrected chi connectivity index (χ0v) is 8.22. The first-order valence-corrected chi connectivity index (χ1v) is 4.83. The minimum absolute atomic E-state index is 0.972. The van der Waals surface area contributed by atoms with Crippen LogP contribution in [-0.2, 0) is 6.54 Å². The van der Waals surface area contributed by atoms with E-state index in [0.717, 1.165) is 24.1 Å². The Bertz CT molecular complexity index is 392. The maximum Gasteiger partial charge on any atom is 0.0568 e. The van der Waals surface area contributed by atoms with Crippen LogP contribution in [0.3, 0.4) is 0 Å². The summed E-state index contributed by atoms with van der Waals surface area (Å²) in [5.74, 6) is 0. The van der Waals surface area contributed by atoms with Gasteiger partial charge in [-0.2, -0.15) is 5.10 Å². The van der Waals surface area contributed by atoms with Crippen LogP contribution in [-0.4, -0.2) is 14.8 Å². The largest absolute Gasteiger partial charge is 0.272 e. The predicted molar refractivity (Wildman–Crippen MR) is 55.7 cm³/mol. The molecular weight excluding hydrogens is 174 g/mol. The molecule has 0 saturated heterocycles. The van der Waals surface area contributed by atoms with Crippen LogP contribution >= 0.6 is 0 Å². The number of pyridine rings is 1. The summed E-state index contributed by atoms with van der Waals surface area (Å²) in [7, 11) is 0. The minimum atomic E-state index is 0.972. The second-order valence-electron chi connectivity index (χ2n) is 3.23. The van der Waals surface area contributed by atoms with Gasteiger partial charge in [0, 0.05) is 36.3 Å². The smallest absolute Gasteiger partial charge is 0.0568 e. The molecule has 2 aromatic rings. The fourth-order valence-electron chi connectivity index (χ4n) is 1.40. The molecule has 3 heteroatoms. The Labute approximate surface area is 83.4 Å². The highest BCUT2D eigenvalue weighted by Crippen LogP contribution is 2.16. The highest BCUT2D eigenvalue weighted by Gasteiger charge is 1.99. The Morgan fingerprint density at radius 3 is 2.93 bits per heavy atom. The summed E-state index contributed by atoms with van der Waals surface area (Å²) in [6, 6.07) is 3.98. The van der Waals surface area contributed by atoms with Crippen LogP contribution in [0.25, 0.3) is 11.1 Å². The van der Waals surface area contributed by atoms with Crippen LogP contribution in [0.5, 0.6) is 0 Å². The number of aromatic nitrogens is 3. The molecule has 2 aromatic heterocycles. The third-order valence-electron chi connectivity index (χ3n) is 2.08. The number of rotatable bonds is 3. The van der Waals surface area contributed by atoms with Gasteiger partial charge < -0.3 is 0 Å². The van der Waals surface area contributed by atoms with Crippen molar-refractivity contribution in [2.24, 2.45) is 0 Å². The Morgan fingerprint density at radius 2 is 2.21 bits per heavy atom. The molecule has 0 amide bonds. The van der Waals surface area contributed by atoms with Crippen LogP contribution in [0.15, 0.2) is 36.9 Å². The van der Waals surface area contributed by atoms with Crippen LogP contribution < -0.4 is 0 Å². The number of nitrogens with zero attached hydrogens (tertiary/aromatic N) is 3. The van der Waals surface area contributed by atoms with Gasteiger partial charge in [0.25, 0.3) is 0 Å². The monoisotopic (exact) mass is 187 g/mol. The van der Waals surface area contributed by atoms with E-state index >= 15 is 0 Å². The van der Waals surface area contributed by atoms with E-state index in [9.17, 15) is 0 Å².